The molecule has 0 amide bonds. The number of hydrogen-bond acceptors (Lipinski definition) is 4. The molecular formula is C15H24N4O. The summed E-state index contributed by atoms with van der Waals surface area (Å²) >= 11 is 0. The number of aromatic nitrogens is 2. The largest absolute Gasteiger partial charge is 0.354 e. The fourth-order valence-electron chi connectivity index (χ4n) is 3.18. The van der Waals surface area contributed by atoms with E-state index < -0.39 is 0 Å². The number of nitrogens with one attached hydrogen (secondary N) is 1. The Balaban J connectivity index is 1.83. The number of nitrogens with two attached hydrogens (primary N) is 1. The zero-order valence-electron chi connectivity index (χ0n) is 12.1. The van der Waals surface area contributed by atoms with E-state index >= 15 is 0 Å². The molecule has 2 fully saturated rings. The van der Waals surface area contributed by atoms with Crippen LogP contribution in [0, 0.1) is 0 Å². The highest BCUT2D eigenvalue weighted by atomic mass is 16.1. The zero-order chi connectivity index (χ0) is 14.1. The molecule has 0 atom stereocenters. The molecule has 0 aromatic carbocycles. The van der Waals surface area contributed by atoms with Gasteiger partial charge in [0.25, 0.3) is 5.56 Å². The van der Waals surface area contributed by atoms with Crippen molar-refractivity contribution in [1.29, 1.82) is 0 Å². The minimum absolute atomic E-state index is 0.0251. The van der Waals surface area contributed by atoms with Crippen molar-refractivity contribution in [2.24, 2.45) is 5.73 Å². The van der Waals surface area contributed by atoms with Gasteiger partial charge in [0.2, 0.25) is 0 Å². The molecule has 2 aliphatic rings. The van der Waals surface area contributed by atoms with Gasteiger partial charge in [0.05, 0.1) is 0 Å². The third-order valence-electron chi connectivity index (χ3n) is 4.53. The number of H-pyrrole nitrogens is 1. The summed E-state index contributed by atoms with van der Waals surface area (Å²) in [6.07, 6.45) is 6.64. The van der Waals surface area contributed by atoms with Gasteiger partial charge in [0.1, 0.15) is 11.6 Å². The minimum Gasteiger partial charge on any atom is -0.354 e. The van der Waals surface area contributed by atoms with Crippen LogP contribution in [0.15, 0.2) is 10.9 Å². The van der Waals surface area contributed by atoms with Crippen LogP contribution in [0.4, 0.5) is 5.82 Å². The third-order valence-corrected chi connectivity index (χ3v) is 4.53. The first-order chi connectivity index (χ1) is 9.67. The number of aromatic amines is 1. The molecule has 5 nitrogen and oxygen atoms in total. The highest BCUT2D eigenvalue weighted by Crippen LogP contribution is 2.38. The number of anilines is 1. The monoisotopic (exact) mass is 276 g/mol. The minimum atomic E-state index is -0.0251. The van der Waals surface area contributed by atoms with Crippen LogP contribution in [0.1, 0.15) is 57.2 Å². The quantitative estimate of drug-likeness (QED) is 0.878. The average molecular weight is 276 g/mol. The second kappa shape index (κ2) is 5.56. The fourth-order valence-corrected chi connectivity index (χ4v) is 3.18. The van der Waals surface area contributed by atoms with Crippen LogP contribution in [-0.4, -0.2) is 28.6 Å². The van der Waals surface area contributed by atoms with E-state index in [1.807, 2.05) is 0 Å². The van der Waals surface area contributed by atoms with Gasteiger partial charge in [-0.05, 0) is 45.4 Å². The first kappa shape index (κ1) is 13.6. The van der Waals surface area contributed by atoms with Crippen molar-refractivity contribution in [1.82, 2.24) is 9.97 Å². The Labute approximate surface area is 119 Å². The predicted molar refractivity (Wildman–Crippen MR) is 80.1 cm³/mol. The van der Waals surface area contributed by atoms with Gasteiger partial charge >= 0.3 is 0 Å². The van der Waals surface area contributed by atoms with Gasteiger partial charge in [-0.3, -0.25) is 4.79 Å². The normalized spacial score (nSPS) is 26.5. The standard InChI is InChI=1S/C15H24N4O/c1-2-19(12-7-5-11(16)6-8-12)13-9-14(20)18-15(17-13)10-3-4-10/h9-12H,2-8,16H2,1H3,(H,17,18,20). The Kier molecular flexibility index (Phi) is 3.78. The summed E-state index contributed by atoms with van der Waals surface area (Å²) in [5.41, 5.74) is 5.96. The highest BCUT2D eigenvalue weighted by molar-refractivity contribution is 5.39. The second-order valence-corrected chi connectivity index (χ2v) is 6.12. The molecule has 1 aromatic heterocycles. The van der Waals surface area contributed by atoms with Gasteiger partial charge in [-0.2, -0.15) is 0 Å². The topological polar surface area (TPSA) is 75.0 Å². The van der Waals surface area contributed by atoms with E-state index in [4.69, 9.17) is 10.7 Å². The van der Waals surface area contributed by atoms with Gasteiger partial charge in [0.15, 0.2) is 0 Å². The summed E-state index contributed by atoms with van der Waals surface area (Å²) in [5, 5.41) is 0. The lowest BCUT2D eigenvalue weighted by atomic mass is 9.91. The molecule has 0 aliphatic heterocycles. The van der Waals surface area contributed by atoms with Crippen molar-refractivity contribution in [2.45, 2.75) is 63.5 Å². The van der Waals surface area contributed by atoms with E-state index in [1.54, 1.807) is 6.07 Å². The van der Waals surface area contributed by atoms with Crippen molar-refractivity contribution in [3.8, 4) is 0 Å². The molecule has 3 N–H and O–H groups in total. The van der Waals surface area contributed by atoms with Gasteiger partial charge in [-0.25, -0.2) is 4.98 Å². The van der Waals surface area contributed by atoms with E-state index in [2.05, 4.69) is 16.8 Å². The number of nitrogens with zero attached hydrogens (tertiary/aromatic N) is 2. The van der Waals surface area contributed by atoms with Gasteiger partial charge in [-0.15, -0.1) is 0 Å². The predicted octanol–water partition coefficient (Wildman–Crippen LogP) is 1.74. The lowest BCUT2D eigenvalue weighted by molar-refractivity contribution is 0.376. The van der Waals surface area contributed by atoms with Crippen LogP contribution in [0.3, 0.4) is 0 Å². The Morgan fingerprint density at radius 2 is 2.00 bits per heavy atom. The van der Waals surface area contributed by atoms with Crippen molar-refractivity contribution < 1.29 is 0 Å². The summed E-state index contributed by atoms with van der Waals surface area (Å²) in [6.45, 7) is 3.02. The van der Waals surface area contributed by atoms with Crippen LogP contribution in [0.5, 0.6) is 0 Å². The molecule has 2 saturated carbocycles. The Morgan fingerprint density at radius 3 is 2.60 bits per heavy atom. The second-order valence-electron chi connectivity index (χ2n) is 6.12. The molecule has 0 radical (unpaired) electrons. The highest BCUT2D eigenvalue weighted by Gasteiger charge is 2.29. The average Bonchev–Trinajstić information content (AvgIpc) is 3.25. The molecular weight excluding hydrogens is 252 g/mol. The lowest BCUT2D eigenvalue weighted by Crippen LogP contribution is -2.41. The van der Waals surface area contributed by atoms with Gasteiger partial charge in [0, 0.05) is 30.6 Å². The maximum absolute atomic E-state index is 11.9. The smallest absolute Gasteiger partial charge is 0.252 e. The molecule has 0 bridgehead atoms. The Hall–Kier alpha value is -1.36. The summed E-state index contributed by atoms with van der Waals surface area (Å²) in [7, 11) is 0. The van der Waals surface area contributed by atoms with Crippen molar-refractivity contribution in [2.75, 3.05) is 11.4 Å². The maximum atomic E-state index is 11.9. The number of rotatable bonds is 4. The van der Waals surface area contributed by atoms with Crippen LogP contribution < -0.4 is 16.2 Å². The molecule has 1 heterocycles. The molecule has 2 aliphatic carbocycles. The fraction of sp³-hybridized carbons (Fsp3) is 0.733. The molecule has 1 aromatic rings. The molecule has 0 unspecified atom stereocenters. The zero-order valence-corrected chi connectivity index (χ0v) is 12.1. The maximum Gasteiger partial charge on any atom is 0.252 e. The van der Waals surface area contributed by atoms with E-state index in [-0.39, 0.29) is 5.56 Å². The van der Waals surface area contributed by atoms with E-state index in [0.717, 1.165) is 56.7 Å². The van der Waals surface area contributed by atoms with Gasteiger partial charge in [-0.1, -0.05) is 0 Å². The summed E-state index contributed by atoms with van der Waals surface area (Å²) < 4.78 is 0. The SMILES string of the molecule is CCN(c1cc(=O)[nH]c(C2CC2)n1)C1CCC(N)CC1. The molecule has 0 spiro atoms. The van der Waals surface area contributed by atoms with Crippen LogP contribution >= 0.6 is 0 Å². The van der Waals surface area contributed by atoms with Crippen LogP contribution in [0.2, 0.25) is 0 Å². The first-order valence-electron chi connectivity index (χ1n) is 7.81. The summed E-state index contributed by atoms with van der Waals surface area (Å²) in [5.74, 6) is 2.19. The van der Waals surface area contributed by atoms with Crippen LogP contribution in [-0.2, 0) is 0 Å². The molecule has 0 saturated heterocycles. The summed E-state index contributed by atoms with van der Waals surface area (Å²) in [6, 6.07) is 2.46. The third kappa shape index (κ3) is 2.87. The Bertz CT molecular complexity index is 515. The van der Waals surface area contributed by atoms with E-state index in [1.165, 1.54) is 0 Å². The number of hydrogen-bond donors (Lipinski definition) is 2. The Morgan fingerprint density at radius 1 is 1.30 bits per heavy atom. The van der Waals surface area contributed by atoms with Crippen molar-refractivity contribution in [3.63, 3.8) is 0 Å². The van der Waals surface area contributed by atoms with E-state index in [0.29, 0.717) is 18.0 Å². The lowest BCUT2D eigenvalue weighted by Gasteiger charge is -2.36. The first-order valence-corrected chi connectivity index (χ1v) is 7.81. The molecule has 5 heteroatoms. The molecule has 110 valence electrons. The van der Waals surface area contributed by atoms with Crippen molar-refractivity contribution >= 4 is 5.82 Å². The van der Waals surface area contributed by atoms with E-state index in [9.17, 15) is 4.79 Å². The summed E-state index contributed by atoms with van der Waals surface area (Å²) in [4.78, 5) is 21.7. The van der Waals surface area contributed by atoms with Crippen molar-refractivity contribution in [3.05, 3.63) is 22.2 Å². The molecule has 20 heavy (non-hydrogen) atoms. The van der Waals surface area contributed by atoms with Crippen LogP contribution in [0.25, 0.3) is 0 Å². The van der Waals surface area contributed by atoms with Gasteiger partial charge < -0.3 is 15.6 Å². The molecule has 3 rings (SSSR count).